The van der Waals surface area contributed by atoms with Crippen LogP contribution in [0.5, 0.6) is 5.75 Å². The third-order valence-corrected chi connectivity index (χ3v) is 2.05. The number of alkyl halides is 4. The number of aliphatic carboxylic acids is 1. The van der Waals surface area contributed by atoms with Gasteiger partial charge in [-0.25, -0.2) is 13.6 Å². The average Bonchev–Trinajstić information content (AvgIpc) is 2.35. The van der Waals surface area contributed by atoms with Crippen molar-refractivity contribution in [2.75, 3.05) is 6.61 Å². The van der Waals surface area contributed by atoms with Crippen molar-refractivity contribution in [2.45, 2.75) is 12.3 Å². The molecule has 0 aliphatic heterocycles. The van der Waals surface area contributed by atoms with Gasteiger partial charge < -0.3 is 9.84 Å². The van der Waals surface area contributed by atoms with Gasteiger partial charge in [0.05, 0.1) is 0 Å². The van der Waals surface area contributed by atoms with E-state index in [4.69, 9.17) is 5.11 Å². The Bertz CT molecular complexity index is 455. The van der Waals surface area contributed by atoms with Gasteiger partial charge in [-0.05, 0) is 23.8 Å². The minimum absolute atomic E-state index is 0.00667. The fraction of sp³-hybridized carbons (Fsp3) is 0.250. The van der Waals surface area contributed by atoms with E-state index in [2.05, 4.69) is 4.74 Å². The second-order valence-corrected chi connectivity index (χ2v) is 3.59. The van der Waals surface area contributed by atoms with Crippen molar-refractivity contribution in [3.63, 3.8) is 0 Å². The van der Waals surface area contributed by atoms with Crippen LogP contribution in [0.3, 0.4) is 0 Å². The van der Waals surface area contributed by atoms with E-state index in [1.165, 1.54) is 30.3 Å². The molecule has 0 aliphatic carbocycles. The van der Waals surface area contributed by atoms with Gasteiger partial charge in [0.15, 0.2) is 6.61 Å². The van der Waals surface area contributed by atoms with Crippen LogP contribution in [-0.2, 0) is 4.79 Å². The highest BCUT2D eigenvalue weighted by Gasteiger charge is 2.41. The van der Waals surface area contributed by atoms with E-state index in [1.54, 1.807) is 0 Å². The fourth-order valence-corrected chi connectivity index (χ4v) is 1.09. The molecule has 0 unspecified atom stereocenters. The smallest absolute Gasteiger partial charge is 0.340 e. The molecule has 0 aliphatic rings. The Morgan fingerprint density at radius 1 is 1.32 bits per heavy atom. The van der Waals surface area contributed by atoms with Crippen LogP contribution >= 0.6 is 0 Å². The summed E-state index contributed by atoms with van der Waals surface area (Å²) in [5, 5.41) is 8.39. The lowest BCUT2D eigenvalue weighted by molar-refractivity contribution is -0.148. The van der Waals surface area contributed by atoms with Gasteiger partial charge in [-0.2, -0.15) is 8.78 Å². The molecule has 1 aromatic rings. The highest BCUT2D eigenvalue weighted by atomic mass is 19.3. The molecule has 7 heteroatoms. The SMILES string of the molecule is O=C(O)/C=C/c1ccc(OCC(F)(F)C(F)F)cc1. The monoisotopic (exact) mass is 278 g/mol. The molecular weight excluding hydrogens is 268 g/mol. The van der Waals surface area contributed by atoms with E-state index in [9.17, 15) is 22.4 Å². The molecule has 0 saturated carbocycles. The van der Waals surface area contributed by atoms with Gasteiger partial charge in [0.1, 0.15) is 5.75 Å². The highest BCUT2D eigenvalue weighted by Crippen LogP contribution is 2.24. The quantitative estimate of drug-likeness (QED) is 0.642. The largest absolute Gasteiger partial charge is 0.487 e. The Labute approximate surface area is 106 Å². The average molecular weight is 278 g/mol. The second-order valence-electron chi connectivity index (χ2n) is 3.59. The summed E-state index contributed by atoms with van der Waals surface area (Å²) in [6, 6.07) is 5.39. The number of carboxylic acids is 1. The Hall–Kier alpha value is -2.05. The van der Waals surface area contributed by atoms with Crippen LogP contribution in [0.1, 0.15) is 5.56 Å². The zero-order valence-corrected chi connectivity index (χ0v) is 9.52. The number of benzene rings is 1. The minimum atomic E-state index is -4.21. The van der Waals surface area contributed by atoms with Gasteiger partial charge in [0, 0.05) is 6.08 Å². The molecule has 0 bridgehead atoms. The van der Waals surface area contributed by atoms with Crippen molar-refractivity contribution < 1.29 is 32.2 Å². The summed E-state index contributed by atoms with van der Waals surface area (Å²) in [5.74, 6) is -5.34. The molecule has 104 valence electrons. The van der Waals surface area contributed by atoms with Crippen molar-refractivity contribution >= 4 is 12.0 Å². The minimum Gasteiger partial charge on any atom is -0.487 e. The number of hydrogen-bond donors (Lipinski definition) is 1. The summed E-state index contributed by atoms with van der Waals surface area (Å²) in [6.45, 7) is -1.42. The third kappa shape index (κ3) is 4.99. The summed E-state index contributed by atoms with van der Waals surface area (Å²) in [4.78, 5) is 10.3. The topological polar surface area (TPSA) is 46.5 Å². The predicted octanol–water partition coefficient (Wildman–Crippen LogP) is 3.06. The first kappa shape index (κ1) is 15.0. The highest BCUT2D eigenvalue weighted by molar-refractivity contribution is 5.85. The molecule has 19 heavy (non-hydrogen) atoms. The molecule has 0 fully saturated rings. The molecule has 1 aromatic carbocycles. The molecule has 0 amide bonds. The van der Waals surface area contributed by atoms with Crippen LogP contribution in [0.25, 0.3) is 6.08 Å². The van der Waals surface area contributed by atoms with Crippen LogP contribution in [0.15, 0.2) is 30.3 Å². The normalized spacial score (nSPS) is 12.1. The molecule has 0 saturated heterocycles. The number of hydrogen-bond acceptors (Lipinski definition) is 2. The lowest BCUT2D eigenvalue weighted by atomic mass is 10.2. The number of ether oxygens (including phenoxy) is 1. The van der Waals surface area contributed by atoms with Gasteiger partial charge in [-0.3, -0.25) is 0 Å². The summed E-state index contributed by atoms with van der Waals surface area (Å²) in [7, 11) is 0. The maximum atomic E-state index is 12.6. The number of halogens is 4. The number of rotatable bonds is 6. The van der Waals surface area contributed by atoms with E-state index >= 15 is 0 Å². The van der Waals surface area contributed by atoms with Gasteiger partial charge in [0.2, 0.25) is 0 Å². The number of carboxylic acid groups (broad SMARTS) is 1. The van der Waals surface area contributed by atoms with Gasteiger partial charge in [0.25, 0.3) is 0 Å². The molecule has 0 spiro atoms. The second kappa shape index (κ2) is 6.21. The van der Waals surface area contributed by atoms with Gasteiger partial charge in [-0.1, -0.05) is 12.1 Å². The van der Waals surface area contributed by atoms with Crippen molar-refractivity contribution in [3.05, 3.63) is 35.9 Å². The van der Waals surface area contributed by atoms with Crippen LogP contribution in [-0.4, -0.2) is 30.0 Å². The third-order valence-electron chi connectivity index (χ3n) is 2.05. The van der Waals surface area contributed by atoms with E-state index < -0.39 is 24.9 Å². The molecule has 0 heterocycles. The van der Waals surface area contributed by atoms with Crippen molar-refractivity contribution in [3.8, 4) is 5.75 Å². The van der Waals surface area contributed by atoms with E-state index in [0.29, 0.717) is 5.56 Å². The van der Waals surface area contributed by atoms with Crippen molar-refractivity contribution in [1.82, 2.24) is 0 Å². The Morgan fingerprint density at radius 3 is 2.37 bits per heavy atom. The first-order valence-corrected chi connectivity index (χ1v) is 5.11. The summed E-state index contributed by atoms with van der Waals surface area (Å²) >= 11 is 0. The molecule has 1 N–H and O–H groups in total. The zero-order chi connectivity index (χ0) is 14.5. The summed E-state index contributed by atoms with van der Waals surface area (Å²) in [6.07, 6.45) is -1.59. The molecule has 1 rings (SSSR count). The van der Waals surface area contributed by atoms with Crippen molar-refractivity contribution in [1.29, 1.82) is 0 Å². The number of carbonyl (C=O) groups is 1. The molecule has 3 nitrogen and oxygen atoms in total. The Balaban J connectivity index is 2.60. The van der Waals surface area contributed by atoms with E-state index in [0.717, 1.165) is 6.08 Å². The van der Waals surface area contributed by atoms with Crippen LogP contribution in [0.2, 0.25) is 0 Å². The van der Waals surface area contributed by atoms with Crippen molar-refractivity contribution in [2.24, 2.45) is 0 Å². The predicted molar refractivity (Wildman–Crippen MR) is 59.6 cm³/mol. The van der Waals surface area contributed by atoms with Gasteiger partial charge >= 0.3 is 18.3 Å². The zero-order valence-electron chi connectivity index (χ0n) is 9.52. The lowest BCUT2D eigenvalue weighted by Gasteiger charge is -2.15. The summed E-state index contributed by atoms with van der Waals surface area (Å²) < 4.78 is 53.4. The molecule has 0 aromatic heterocycles. The molecule has 0 radical (unpaired) electrons. The van der Waals surface area contributed by atoms with Gasteiger partial charge in [-0.15, -0.1) is 0 Å². The van der Waals surface area contributed by atoms with E-state index in [-0.39, 0.29) is 5.75 Å². The van der Waals surface area contributed by atoms with E-state index in [1.807, 2.05) is 0 Å². The lowest BCUT2D eigenvalue weighted by Crippen LogP contribution is -2.33. The summed E-state index contributed by atoms with van der Waals surface area (Å²) in [5.41, 5.74) is 0.510. The first-order chi connectivity index (χ1) is 8.81. The Kier molecular flexibility index (Phi) is 4.91. The van der Waals surface area contributed by atoms with Crippen LogP contribution in [0, 0.1) is 0 Å². The van der Waals surface area contributed by atoms with Crippen LogP contribution in [0.4, 0.5) is 17.6 Å². The maximum Gasteiger partial charge on any atom is 0.340 e. The van der Waals surface area contributed by atoms with Crippen LogP contribution < -0.4 is 4.74 Å². The molecular formula is C12H10F4O3. The maximum absolute atomic E-state index is 12.6. The molecule has 0 atom stereocenters. The Morgan fingerprint density at radius 2 is 1.89 bits per heavy atom. The standard InChI is InChI=1S/C12H10F4O3/c13-11(14)12(15,16)7-19-9-4-1-8(2-5-9)3-6-10(17)18/h1-6,11H,7H2,(H,17,18)/b6-3+. The first-order valence-electron chi connectivity index (χ1n) is 5.11. The fourth-order valence-electron chi connectivity index (χ4n) is 1.09.